The molecule has 0 N–H and O–H groups in total. The normalized spacial score (nSPS) is 23.3. The van der Waals surface area contributed by atoms with Crippen molar-refractivity contribution in [2.24, 2.45) is 13.0 Å². The monoisotopic (exact) mass is 364 g/mol. The molecular formula is C21H24N4O2. The Morgan fingerprint density at radius 2 is 1.96 bits per heavy atom. The van der Waals surface area contributed by atoms with E-state index in [9.17, 15) is 4.79 Å². The Hall–Kier alpha value is -2.60. The Labute approximate surface area is 158 Å². The van der Waals surface area contributed by atoms with Crippen LogP contribution in [-0.4, -0.2) is 51.4 Å². The number of aromatic nitrogens is 2. The second-order valence-electron chi connectivity index (χ2n) is 7.82. The fourth-order valence-electron chi connectivity index (χ4n) is 4.54. The fraction of sp³-hybridized carbons (Fsp3) is 0.429. The van der Waals surface area contributed by atoms with Crippen LogP contribution in [0, 0.1) is 5.92 Å². The molecule has 3 saturated heterocycles. The number of rotatable bonds is 3. The Balaban J connectivity index is 1.38. The van der Waals surface area contributed by atoms with Gasteiger partial charge in [0.1, 0.15) is 5.76 Å². The SMILES string of the molecule is CN1C(=O)[C@H]2CC[C@@H]1CN(Cc1ccc(-c3nc4ccccc4n3C)o1)C2. The van der Waals surface area contributed by atoms with Crippen molar-refractivity contribution in [1.29, 1.82) is 0 Å². The minimum atomic E-state index is 0.128. The van der Waals surface area contributed by atoms with Gasteiger partial charge in [0.15, 0.2) is 11.6 Å². The lowest BCUT2D eigenvalue weighted by Crippen LogP contribution is -2.45. The Kier molecular flexibility index (Phi) is 3.82. The van der Waals surface area contributed by atoms with Crippen molar-refractivity contribution in [3.8, 4) is 11.6 Å². The van der Waals surface area contributed by atoms with E-state index < -0.39 is 0 Å². The predicted molar refractivity (Wildman–Crippen MR) is 103 cm³/mol. The summed E-state index contributed by atoms with van der Waals surface area (Å²) in [5, 5.41) is 0. The van der Waals surface area contributed by atoms with Crippen LogP contribution in [-0.2, 0) is 18.4 Å². The number of para-hydroxylation sites is 2. The molecule has 0 unspecified atom stereocenters. The summed E-state index contributed by atoms with van der Waals surface area (Å²) in [5.74, 6) is 2.98. The Morgan fingerprint density at radius 3 is 2.81 bits per heavy atom. The summed E-state index contributed by atoms with van der Waals surface area (Å²) in [7, 11) is 3.96. The molecule has 5 heterocycles. The van der Waals surface area contributed by atoms with Gasteiger partial charge in [-0.15, -0.1) is 0 Å². The highest BCUT2D eigenvalue weighted by Gasteiger charge is 2.38. The lowest BCUT2D eigenvalue weighted by Gasteiger charge is -2.32. The second kappa shape index (κ2) is 6.23. The number of furan rings is 1. The number of piperidine rings is 1. The predicted octanol–water partition coefficient (Wildman–Crippen LogP) is 2.89. The van der Waals surface area contributed by atoms with E-state index in [1.54, 1.807) is 0 Å². The number of likely N-dealkylation sites (N-methyl/N-ethyl adjacent to an activating group) is 1. The molecule has 6 heteroatoms. The summed E-state index contributed by atoms with van der Waals surface area (Å²) in [6.07, 6.45) is 2.11. The molecule has 27 heavy (non-hydrogen) atoms. The molecule has 1 aromatic carbocycles. The second-order valence-corrected chi connectivity index (χ2v) is 7.82. The largest absolute Gasteiger partial charge is 0.456 e. The van der Waals surface area contributed by atoms with Crippen LogP contribution in [0.15, 0.2) is 40.8 Å². The number of aryl methyl sites for hydroxylation is 1. The van der Waals surface area contributed by atoms with E-state index in [-0.39, 0.29) is 5.92 Å². The van der Waals surface area contributed by atoms with Crippen molar-refractivity contribution in [3.63, 3.8) is 0 Å². The maximum Gasteiger partial charge on any atom is 0.227 e. The van der Waals surface area contributed by atoms with E-state index in [0.29, 0.717) is 11.9 Å². The van der Waals surface area contributed by atoms with Gasteiger partial charge in [0, 0.05) is 33.2 Å². The number of fused-ring (bicyclic) bond motifs is 5. The van der Waals surface area contributed by atoms with E-state index in [1.807, 2.05) is 49.3 Å². The number of imidazole rings is 1. The van der Waals surface area contributed by atoms with Crippen molar-refractivity contribution in [2.75, 3.05) is 20.1 Å². The molecule has 2 atom stereocenters. The van der Waals surface area contributed by atoms with Crippen LogP contribution in [0.25, 0.3) is 22.6 Å². The topological polar surface area (TPSA) is 54.5 Å². The maximum absolute atomic E-state index is 12.4. The molecule has 3 aliphatic rings. The van der Waals surface area contributed by atoms with Gasteiger partial charge in [-0.05, 0) is 37.1 Å². The average molecular weight is 364 g/mol. The molecule has 0 spiro atoms. The molecule has 3 fully saturated rings. The van der Waals surface area contributed by atoms with Gasteiger partial charge in [0.05, 0.1) is 23.5 Å². The molecule has 2 aromatic heterocycles. The van der Waals surface area contributed by atoms with Gasteiger partial charge in [-0.1, -0.05) is 12.1 Å². The zero-order valence-corrected chi connectivity index (χ0v) is 15.8. The summed E-state index contributed by atoms with van der Waals surface area (Å²) >= 11 is 0. The molecule has 6 nitrogen and oxygen atoms in total. The van der Waals surface area contributed by atoms with Crippen LogP contribution in [0.3, 0.4) is 0 Å². The summed E-state index contributed by atoms with van der Waals surface area (Å²) < 4.78 is 8.21. The van der Waals surface area contributed by atoms with E-state index >= 15 is 0 Å². The molecule has 1 amide bonds. The van der Waals surface area contributed by atoms with Crippen molar-refractivity contribution in [1.82, 2.24) is 19.4 Å². The van der Waals surface area contributed by atoms with Gasteiger partial charge in [-0.2, -0.15) is 0 Å². The number of amides is 1. The molecule has 3 aromatic rings. The van der Waals surface area contributed by atoms with Gasteiger partial charge in [0.25, 0.3) is 0 Å². The molecule has 0 radical (unpaired) electrons. The van der Waals surface area contributed by atoms with Gasteiger partial charge < -0.3 is 13.9 Å². The molecule has 140 valence electrons. The van der Waals surface area contributed by atoms with Crippen molar-refractivity contribution in [2.45, 2.75) is 25.4 Å². The van der Waals surface area contributed by atoms with Gasteiger partial charge >= 0.3 is 0 Å². The first-order chi connectivity index (χ1) is 13.1. The number of hydrogen-bond donors (Lipinski definition) is 0. The number of hydrogen-bond acceptors (Lipinski definition) is 4. The maximum atomic E-state index is 12.4. The fourth-order valence-corrected chi connectivity index (χ4v) is 4.54. The summed E-state index contributed by atoms with van der Waals surface area (Å²) in [5.41, 5.74) is 2.06. The third-order valence-electron chi connectivity index (χ3n) is 6.09. The van der Waals surface area contributed by atoms with Crippen LogP contribution in [0.5, 0.6) is 0 Å². The summed E-state index contributed by atoms with van der Waals surface area (Å²) in [6, 6.07) is 12.5. The highest BCUT2D eigenvalue weighted by atomic mass is 16.3. The lowest BCUT2D eigenvalue weighted by atomic mass is 9.95. The Morgan fingerprint density at radius 1 is 1.11 bits per heavy atom. The van der Waals surface area contributed by atoms with Crippen molar-refractivity contribution in [3.05, 3.63) is 42.2 Å². The first kappa shape index (κ1) is 16.6. The molecule has 0 aliphatic carbocycles. The van der Waals surface area contributed by atoms with Crippen LogP contribution in [0.4, 0.5) is 0 Å². The van der Waals surface area contributed by atoms with E-state index in [1.165, 1.54) is 0 Å². The minimum absolute atomic E-state index is 0.128. The van der Waals surface area contributed by atoms with Crippen LogP contribution >= 0.6 is 0 Å². The zero-order valence-electron chi connectivity index (χ0n) is 15.8. The smallest absolute Gasteiger partial charge is 0.227 e. The van der Waals surface area contributed by atoms with Gasteiger partial charge in [-0.3, -0.25) is 9.69 Å². The lowest BCUT2D eigenvalue weighted by molar-refractivity contribution is -0.138. The number of nitrogens with zero attached hydrogens (tertiary/aromatic N) is 4. The average Bonchev–Trinajstić information content (AvgIpc) is 3.16. The van der Waals surface area contributed by atoms with Crippen LogP contribution in [0.2, 0.25) is 0 Å². The zero-order chi connectivity index (χ0) is 18.5. The van der Waals surface area contributed by atoms with Crippen LogP contribution in [0.1, 0.15) is 18.6 Å². The molecule has 6 rings (SSSR count). The summed E-state index contributed by atoms with van der Waals surface area (Å²) in [6.45, 7) is 2.47. The number of carbonyl (C=O) groups excluding carboxylic acids is 1. The first-order valence-corrected chi connectivity index (χ1v) is 9.59. The highest BCUT2D eigenvalue weighted by Crippen LogP contribution is 2.30. The molecule has 2 bridgehead atoms. The molecular weight excluding hydrogens is 340 g/mol. The standard InChI is InChI=1S/C21H24N4O2/c1-23-15-8-7-14(21(23)26)11-25(12-15)13-16-9-10-19(27-16)20-22-17-5-3-4-6-18(17)24(20)2/h3-6,9-10,14-15H,7-8,11-13H2,1-2H3/t14-,15+/m0/s1. The van der Waals surface area contributed by atoms with E-state index in [4.69, 9.17) is 9.40 Å². The van der Waals surface area contributed by atoms with Crippen LogP contribution < -0.4 is 0 Å². The van der Waals surface area contributed by atoms with Crippen molar-refractivity contribution < 1.29 is 9.21 Å². The third-order valence-corrected chi connectivity index (χ3v) is 6.09. The summed E-state index contributed by atoms with van der Waals surface area (Å²) in [4.78, 5) is 21.4. The van der Waals surface area contributed by atoms with Gasteiger partial charge in [0.2, 0.25) is 5.91 Å². The first-order valence-electron chi connectivity index (χ1n) is 9.59. The van der Waals surface area contributed by atoms with E-state index in [2.05, 4.69) is 15.5 Å². The molecule has 3 aliphatic heterocycles. The number of benzene rings is 1. The van der Waals surface area contributed by atoms with E-state index in [0.717, 1.165) is 60.9 Å². The quantitative estimate of drug-likeness (QED) is 0.717. The minimum Gasteiger partial charge on any atom is -0.456 e. The van der Waals surface area contributed by atoms with Gasteiger partial charge in [-0.25, -0.2) is 4.98 Å². The highest BCUT2D eigenvalue weighted by molar-refractivity contribution is 5.80. The number of carbonyl (C=O) groups is 1. The molecule has 0 saturated carbocycles. The van der Waals surface area contributed by atoms with Crippen molar-refractivity contribution >= 4 is 16.9 Å². The third kappa shape index (κ3) is 2.75. The Bertz CT molecular complexity index is 1000.